The van der Waals surface area contributed by atoms with Gasteiger partial charge in [0.1, 0.15) is 5.82 Å². The quantitative estimate of drug-likeness (QED) is 0.415. The SMILES string of the molecule is CC1CCc2ccc(-c3ccc4cnc(CNC(=O)c5ccc6c(c5)S(=O)(=O)CCOC6)cc4n3)nc2N1C. The van der Waals surface area contributed by atoms with Crippen LogP contribution in [0.1, 0.15) is 40.5 Å². The Morgan fingerprint density at radius 3 is 2.74 bits per heavy atom. The molecule has 3 aromatic heterocycles. The third kappa shape index (κ3) is 4.97. The zero-order chi connectivity index (χ0) is 27.1. The number of nitrogens with one attached hydrogen (secondary N) is 1. The number of pyridine rings is 3. The van der Waals surface area contributed by atoms with Crippen molar-refractivity contribution in [3.8, 4) is 11.4 Å². The third-order valence-corrected chi connectivity index (χ3v) is 9.28. The number of nitrogens with zero attached hydrogens (tertiary/aromatic N) is 4. The van der Waals surface area contributed by atoms with Crippen LogP contribution in [0.3, 0.4) is 0 Å². The monoisotopic (exact) mass is 543 g/mol. The molecule has 0 spiro atoms. The van der Waals surface area contributed by atoms with E-state index in [-0.39, 0.29) is 41.9 Å². The average molecular weight is 544 g/mol. The van der Waals surface area contributed by atoms with E-state index in [1.54, 1.807) is 18.3 Å². The second-order valence-electron chi connectivity index (χ2n) is 10.1. The number of fused-ring (bicyclic) bond motifs is 3. The lowest BCUT2D eigenvalue weighted by atomic mass is 10.00. The molecule has 2 aliphatic rings. The molecule has 0 fully saturated rings. The lowest BCUT2D eigenvalue weighted by Gasteiger charge is -2.32. The van der Waals surface area contributed by atoms with Crippen molar-refractivity contribution in [2.75, 3.05) is 24.3 Å². The van der Waals surface area contributed by atoms with Crippen LogP contribution in [0.5, 0.6) is 0 Å². The van der Waals surface area contributed by atoms with E-state index in [9.17, 15) is 13.2 Å². The molecule has 9 nitrogen and oxygen atoms in total. The molecule has 1 atom stereocenters. The van der Waals surface area contributed by atoms with E-state index >= 15 is 0 Å². The summed E-state index contributed by atoms with van der Waals surface area (Å²) in [7, 11) is -1.42. The van der Waals surface area contributed by atoms with Gasteiger partial charge in [0.25, 0.3) is 5.91 Å². The first-order chi connectivity index (χ1) is 18.8. The van der Waals surface area contributed by atoms with Gasteiger partial charge in [0, 0.05) is 30.2 Å². The predicted molar refractivity (Wildman–Crippen MR) is 148 cm³/mol. The normalized spacial score (nSPS) is 18.2. The van der Waals surface area contributed by atoms with Crippen LogP contribution in [0.25, 0.3) is 22.3 Å². The van der Waals surface area contributed by atoms with Gasteiger partial charge in [-0.25, -0.2) is 18.4 Å². The highest BCUT2D eigenvalue weighted by Crippen LogP contribution is 2.30. The molecule has 200 valence electrons. The second kappa shape index (κ2) is 10.0. The van der Waals surface area contributed by atoms with Crippen LogP contribution in [0, 0.1) is 0 Å². The molecule has 10 heteroatoms. The highest BCUT2D eigenvalue weighted by atomic mass is 32.2. The van der Waals surface area contributed by atoms with Crippen LogP contribution in [0.2, 0.25) is 0 Å². The largest absolute Gasteiger partial charge is 0.376 e. The number of sulfone groups is 1. The summed E-state index contributed by atoms with van der Waals surface area (Å²) in [5.41, 5.74) is 5.07. The molecule has 0 saturated carbocycles. The lowest BCUT2D eigenvalue weighted by molar-refractivity contribution is 0.0950. The number of aryl methyl sites for hydroxylation is 1. The standard InChI is InChI=1S/C29H29N5O4S/c1-18-3-4-19-7-9-25(33-28(19)34(18)2)24-10-8-21-15-30-23(14-26(21)32-24)16-31-29(35)20-5-6-22-17-38-11-12-39(36,37)27(22)13-20/h5-10,13-15,18H,3-4,11-12,16-17H2,1-2H3,(H,31,35). The van der Waals surface area contributed by atoms with E-state index in [1.165, 1.54) is 11.6 Å². The maximum atomic E-state index is 12.9. The number of rotatable bonds is 4. The van der Waals surface area contributed by atoms with Crippen molar-refractivity contribution in [1.82, 2.24) is 20.3 Å². The molecule has 2 aliphatic heterocycles. The van der Waals surface area contributed by atoms with Crippen molar-refractivity contribution in [1.29, 1.82) is 0 Å². The van der Waals surface area contributed by atoms with Gasteiger partial charge < -0.3 is 15.0 Å². The minimum Gasteiger partial charge on any atom is -0.376 e. The smallest absolute Gasteiger partial charge is 0.251 e. The molecule has 1 aromatic carbocycles. The Labute approximate surface area is 227 Å². The summed E-state index contributed by atoms with van der Waals surface area (Å²) in [5, 5.41) is 3.73. The Morgan fingerprint density at radius 1 is 1.08 bits per heavy atom. The van der Waals surface area contributed by atoms with Crippen LogP contribution >= 0.6 is 0 Å². The van der Waals surface area contributed by atoms with Crippen LogP contribution in [0.15, 0.2) is 59.6 Å². The number of anilines is 1. The fourth-order valence-corrected chi connectivity index (χ4v) is 6.41. The van der Waals surface area contributed by atoms with Gasteiger partial charge in [-0.05, 0) is 67.3 Å². The van der Waals surface area contributed by atoms with Crippen molar-refractivity contribution in [2.45, 2.75) is 43.9 Å². The number of carbonyl (C=O) groups excluding carboxylic acids is 1. The van der Waals surface area contributed by atoms with Gasteiger partial charge in [0.15, 0.2) is 9.84 Å². The van der Waals surface area contributed by atoms with Crippen molar-refractivity contribution >= 4 is 32.5 Å². The summed E-state index contributed by atoms with van der Waals surface area (Å²) in [5.74, 6) is 0.528. The molecule has 0 radical (unpaired) electrons. The molecule has 4 aromatic rings. The van der Waals surface area contributed by atoms with Crippen molar-refractivity contribution in [3.05, 3.63) is 77.1 Å². The van der Waals surface area contributed by atoms with Crippen LogP contribution in [0.4, 0.5) is 5.82 Å². The molecular weight excluding hydrogens is 514 g/mol. The number of ether oxygens (including phenoxy) is 1. The highest BCUT2D eigenvalue weighted by Gasteiger charge is 2.24. The highest BCUT2D eigenvalue weighted by molar-refractivity contribution is 7.91. The first-order valence-electron chi connectivity index (χ1n) is 13.0. The minimum absolute atomic E-state index is 0.0993. The summed E-state index contributed by atoms with van der Waals surface area (Å²) in [6, 6.07) is 15.1. The van der Waals surface area contributed by atoms with Gasteiger partial charge in [-0.2, -0.15) is 0 Å². The topological polar surface area (TPSA) is 114 Å². The number of hydrogen-bond acceptors (Lipinski definition) is 8. The van der Waals surface area contributed by atoms with Gasteiger partial charge in [-0.15, -0.1) is 0 Å². The van der Waals surface area contributed by atoms with E-state index in [4.69, 9.17) is 14.7 Å². The molecular formula is C29H29N5O4S. The number of amides is 1. The Morgan fingerprint density at radius 2 is 1.87 bits per heavy atom. The van der Waals surface area contributed by atoms with E-state index in [2.05, 4.69) is 35.2 Å². The van der Waals surface area contributed by atoms with Gasteiger partial charge in [-0.1, -0.05) is 12.1 Å². The summed E-state index contributed by atoms with van der Waals surface area (Å²) < 4.78 is 30.5. The Balaban J connectivity index is 1.22. The number of aromatic nitrogens is 3. The third-order valence-electron chi connectivity index (χ3n) is 7.52. The predicted octanol–water partition coefficient (Wildman–Crippen LogP) is 3.70. The van der Waals surface area contributed by atoms with Crippen molar-refractivity contribution < 1.29 is 17.9 Å². The molecule has 0 bridgehead atoms. The lowest BCUT2D eigenvalue weighted by Crippen LogP contribution is -2.34. The summed E-state index contributed by atoms with van der Waals surface area (Å²) >= 11 is 0. The van der Waals surface area contributed by atoms with E-state index < -0.39 is 9.84 Å². The first-order valence-corrected chi connectivity index (χ1v) is 14.6. The molecule has 0 aliphatic carbocycles. The Hall–Kier alpha value is -3.89. The number of benzene rings is 1. The molecule has 0 saturated heterocycles. The van der Waals surface area contributed by atoms with E-state index in [1.807, 2.05) is 24.3 Å². The fourth-order valence-electron chi connectivity index (χ4n) is 5.02. The molecule has 1 N–H and O–H groups in total. The second-order valence-corrected chi connectivity index (χ2v) is 12.2. The molecule has 5 heterocycles. The van der Waals surface area contributed by atoms with Crippen molar-refractivity contribution in [2.24, 2.45) is 0 Å². The number of hydrogen-bond donors (Lipinski definition) is 1. The van der Waals surface area contributed by atoms with Crippen molar-refractivity contribution in [3.63, 3.8) is 0 Å². The zero-order valence-electron chi connectivity index (χ0n) is 21.8. The van der Waals surface area contributed by atoms with Gasteiger partial charge in [-0.3, -0.25) is 9.78 Å². The zero-order valence-corrected chi connectivity index (χ0v) is 22.7. The van der Waals surface area contributed by atoms with E-state index in [0.29, 0.717) is 17.3 Å². The first kappa shape index (κ1) is 25.4. The number of carbonyl (C=O) groups is 1. The van der Waals surface area contributed by atoms with Crippen LogP contribution in [-0.2, 0) is 34.1 Å². The molecule has 39 heavy (non-hydrogen) atoms. The van der Waals surface area contributed by atoms with Gasteiger partial charge in [0.2, 0.25) is 0 Å². The Kier molecular flexibility index (Phi) is 6.52. The summed E-state index contributed by atoms with van der Waals surface area (Å²) in [6.07, 6.45) is 3.87. The molecule has 6 rings (SSSR count). The van der Waals surface area contributed by atoms with Gasteiger partial charge in [0.05, 0.1) is 53.0 Å². The molecule has 1 amide bonds. The van der Waals surface area contributed by atoms with Crippen LogP contribution < -0.4 is 10.2 Å². The average Bonchev–Trinajstić information content (AvgIpc) is 3.10. The fraction of sp³-hybridized carbons (Fsp3) is 0.310. The maximum absolute atomic E-state index is 12.9. The minimum atomic E-state index is -3.50. The summed E-state index contributed by atoms with van der Waals surface area (Å²) in [6.45, 7) is 2.74. The molecule has 1 unspecified atom stereocenters. The summed E-state index contributed by atoms with van der Waals surface area (Å²) in [4.78, 5) is 29.5. The van der Waals surface area contributed by atoms with Crippen LogP contribution in [-0.4, -0.2) is 54.7 Å². The Bertz CT molecular complexity index is 1710. The van der Waals surface area contributed by atoms with Gasteiger partial charge >= 0.3 is 0 Å². The maximum Gasteiger partial charge on any atom is 0.251 e. The van der Waals surface area contributed by atoms with E-state index in [0.717, 1.165) is 41.0 Å².